The Labute approximate surface area is 145 Å². The lowest BCUT2D eigenvalue weighted by atomic mass is 10.1. The topological polar surface area (TPSA) is 74.3 Å². The number of amides is 1. The number of aromatic nitrogens is 1. The number of nitrogens with two attached hydrogens (primary N) is 1. The molecule has 0 aliphatic heterocycles. The first-order valence-corrected chi connectivity index (χ1v) is 7.76. The van der Waals surface area contributed by atoms with E-state index in [2.05, 4.69) is 6.58 Å². The number of primary amides is 1. The number of rotatable bonds is 7. The number of carbonyl (C=O) groups excluding carboxylic acids is 2. The molecule has 0 atom stereocenters. The summed E-state index contributed by atoms with van der Waals surface area (Å²) in [6, 6.07) is 6.33. The van der Waals surface area contributed by atoms with Gasteiger partial charge in [0.25, 0.3) is 5.91 Å². The fourth-order valence-corrected chi connectivity index (χ4v) is 2.71. The zero-order valence-corrected chi connectivity index (χ0v) is 14.4. The predicted molar refractivity (Wildman–Crippen MR) is 93.9 cm³/mol. The molecule has 2 aromatic rings. The van der Waals surface area contributed by atoms with Crippen molar-refractivity contribution >= 4 is 23.3 Å². The monoisotopic (exact) mass is 346 g/mol. The Morgan fingerprint density at radius 1 is 1.29 bits per heavy atom. The fraction of sp³-hybridized carbons (Fsp3) is 0.222. The SMILES string of the molecule is C=CCn1c(C)cc(C(=O)COc2ccc(Cl)cc2C(N)=O)c1C. The minimum atomic E-state index is -0.663. The molecule has 0 spiro atoms. The molecule has 0 bridgehead atoms. The Hall–Kier alpha value is -2.53. The van der Waals surface area contributed by atoms with Gasteiger partial charge in [-0.3, -0.25) is 9.59 Å². The number of ketones is 1. The maximum Gasteiger partial charge on any atom is 0.252 e. The number of hydrogen-bond donors (Lipinski definition) is 1. The molecule has 0 aliphatic rings. The Morgan fingerprint density at radius 2 is 2.00 bits per heavy atom. The van der Waals surface area contributed by atoms with Crippen molar-refractivity contribution in [2.75, 3.05) is 6.61 Å². The number of hydrogen-bond acceptors (Lipinski definition) is 3. The zero-order chi connectivity index (χ0) is 17.9. The number of benzene rings is 1. The highest BCUT2D eigenvalue weighted by atomic mass is 35.5. The summed E-state index contributed by atoms with van der Waals surface area (Å²) < 4.78 is 7.49. The third-order valence-electron chi connectivity index (χ3n) is 3.75. The molecule has 2 rings (SSSR count). The van der Waals surface area contributed by atoms with Crippen molar-refractivity contribution in [1.29, 1.82) is 0 Å². The third-order valence-corrected chi connectivity index (χ3v) is 3.99. The van der Waals surface area contributed by atoms with Crippen LogP contribution in [0.15, 0.2) is 36.9 Å². The largest absolute Gasteiger partial charge is 0.485 e. The van der Waals surface area contributed by atoms with E-state index in [1.54, 1.807) is 12.1 Å². The number of allylic oxidation sites excluding steroid dienone is 1. The van der Waals surface area contributed by atoms with Crippen molar-refractivity contribution in [3.05, 3.63) is 64.5 Å². The van der Waals surface area contributed by atoms with Crippen LogP contribution in [-0.2, 0) is 6.54 Å². The molecule has 126 valence electrons. The van der Waals surface area contributed by atoms with Gasteiger partial charge in [0.1, 0.15) is 5.75 Å². The van der Waals surface area contributed by atoms with E-state index < -0.39 is 5.91 Å². The van der Waals surface area contributed by atoms with Crippen molar-refractivity contribution < 1.29 is 14.3 Å². The molecular weight excluding hydrogens is 328 g/mol. The average Bonchev–Trinajstić information content (AvgIpc) is 2.82. The minimum Gasteiger partial charge on any atom is -0.485 e. The lowest BCUT2D eigenvalue weighted by Crippen LogP contribution is -2.17. The van der Waals surface area contributed by atoms with Gasteiger partial charge in [0, 0.05) is 28.5 Å². The molecule has 1 aromatic heterocycles. The van der Waals surface area contributed by atoms with Gasteiger partial charge in [-0.1, -0.05) is 17.7 Å². The molecule has 0 aliphatic carbocycles. The van der Waals surface area contributed by atoms with E-state index in [-0.39, 0.29) is 23.7 Å². The van der Waals surface area contributed by atoms with Crippen molar-refractivity contribution in [1.82, 2.24) is 4.57 Å². The smallest absolute Gasteiger partial charge is 0.252 e. The van der Waals surface area contributed by atoms with E-state index in [1.165, 1.54) is 12.1 Å². The van der Waals surface area contributed by atoms with Gasteiger partial charge in [-0.25, -0.2) is 0 Å². The van der Waals surface area contributed by atoms with Crippen LogP contribution in [0.3, 0.4) is 0 Å². The number of carbonyl (C=O) groups is 2. The van der Waals surface area contributed by atoms with Crippen LogP contribution in [0.5, 0.6) is 5.75 Å². The highest BCUT2D eigenvalue weighted by molar-refractivity contribution is 6.31. The van der Waals surface area contributed by atoms with Gasteiger partial charge >= 0.3 is 0 Å². The first kappa shape index (κ1) is 17.8. The summed E-state index contributed by atoms with van der Waals surface area (Å²) in [5.74, 6) is -0.604. The third kappa shape index (κ3) is 3.68. The summed E-state index contributed by atoms with van der Waals surface area (Å²) in [5.41, 5.74) is 7.87. The summed E-state index contributed by atoms with van der Waals surface area (Å²) in [5, 5.41) is 0.371. The standard InChI is InChI=1S/C18H19ClN2O3/c1-4-7-21-11(2)8-14(12(21)3)16(22)10-24-17-6-5-13(19)9-15(17)18(20)23/h4-6,8-9H,1,7,10H2,2-3H3,(H2,20,23). The first-order chi connectivity index (χ1) is 11.3. The lowest BCUT2D eigenvalue weighted by Gasteiger charge is -2.10. The fourth-order valence-electron chi connectivity index (χ4n) is 2.54. The molecule has 5 nitrogen and oxygen atoms in total. The Balaban J connectivity index is 2.19. The predicted octanol–water partition coefficient (Wildman–Crippen LogP) is 3.30. The van der Waals surface area contributed by atoms with Gasteiger partial charge in [-0.2, -0.15) is 0 Å². The summed E-state index contributed by atoms with van der Waals surface area (Å²) in [6.07, 6.45) is 1.78. The second kappa shape index (κ2) is 7.36. The molecule has 0 unspecified atom stereocenters. The van der Waals surface area contributed by atoms with Crippen LogP contribution in [-0.4, -0.2) is 22.9 Å². The van der Waals surface area contributed by atoms with Crippen LogP contribution in [0, 0.1) is 13.8 Å². The van der Waals surface area contributed by atoms with Gasteiger partial charge in [0.05, 0.1) is 5.56 Å². The highest BCUT2D eigenvalue weighted by Gasteiger charge is 2.17. The molecule has 6 heteroatoms. The van der Waals surface area contributed by atoms with Crippen molar-refractivity contribution in [2.45, 2.75) is 20.4 Å². The summed E-state index contributed by atoms with van der Waals surface area (Å²) in [4.78, 5) is 23.9. The second-order valence-electron chi connectivity index (χ2n) is 5.40. The van der Waals surface area contributed by atoms with Gasteiger partial charge in [-0.05, 0) is 38.1 Å². The van der Waals surface area contributed by atoms with E-state index in [9.17, 15) is 9.59 Å². The number of ether oxygens (including phenoxy) is 1. The average molecular weight is 347 g/mol. The summed E-state index contributed by atoms with van der Waals surface area (Å²) >= 11 is 5.85. The lowest BCUT2D eigenvalue weighted by molar-refractivity contribution is 0.0911. The number of aryl methyl sites for hydroxylation is 1. The maximum atomic E-state index is 12.5. The van der Waals surface area contributed by atoms with E-state index in [0.29, 0.717) is 17.1 Å². The molecule has 0 saturated carbocycles. The normalized spacial score (nSPS) is 10.5. The van der Waals surface area contributed by atoms with Gasteiger partial charge < -0.3 is 15.0 Å². The van der Waals surface area contributed by atoms with Crippen molar-refractivity contribution in [2.24, 2.45) is 5.73 Å². The van der Waals surface area contributed by atoms with E-state index in [1.807, 2.05) is 24.5 Å². The highest BCUT2D eigenvalue weighted by Crippen LogP contribution is 2.23. The minimum absolute atomic E-state index is 0.146. The van der Waals surface area contributed by atoms with Crippen LogP contribution in [0.1, 0.15) is 32.1 Å². The summed E-state index contributed by atoms with van der Waals surface area (Å²) in [7, 11) is 0. The molecule has 1 heterocycles. The molecule has 0 fully saturated rings. The molecule has 0 saturated heterocycles. The quantitative estimate of drug-likeness (QED) is 0.617. The Bertz CT molecular complexity index is 809. The Morgan fingerprint density at radius 3 is 2.62 bits per heavy atom. The number of nitrogens with zero attached hydrogens (tertiary/aromatic N) is 1. The molecular formula is C18H19ClN2O3. The van der Waals surface area contributed by atoms with Gasteiger partial charge in [0.2, 0.25) is 5.78 Å². The molecule has 1 amide bonds. The van der Waals surface area contributed by atoms with Crippen molar-refractivity contribution in [3.63, 3.8) is 0 Å². The van der Waals surface area contributed by atoms with E-state index in [0.717, 1.165) is 11.4 Å². The van der Waals surface area contributed by atoms with Gasteiger partial charge in [-0.15, -0.1) is 6.58 Å². The molecule has 0 radical (unpaired) electrons. The van der Waals surface area contributed by atoms with Gasteiger partial charge in [0.15, 0.2) is 6.61 Å². The van der Waals surface area contributed by atoms with Crippen LogP contribution in [0.2, 0.25) is 5.02 Å². The van der Waals surface area contributed by atoms with E-state index >= 15 is 0 Å². The van der Waals surface area contributed by atoms with E-state index in [4.69, 9.17) is 22.1 Å². The van der Waals surface area contributed by atoms with Crippen LogP contribution >= 0.6 is 11.6 Å². The first-order valence-electron chi connectivity index (χ1n) is 7.38. The molecule has 2 N–H and O–H groups in total. The molecule has 1 aromatic carbocycles. The molecule has 24 heavy (non-hydrogen) atoms. The summed E-state index contributed by atoms with van der Waals surface area (Å²) in [6.45, 7) is 7.96. The maximum absolute atomic E-state index is 12.5. The number of halogens is 1. The van der Waals surface area contributed by atoms with Crippen LogP contribution < -0.4 is 10.5 Å². The Kier molecular flexibility index (Phi) is 5.46. The zero-order valence-electron chi connectivity index (χ0n) is 13.6. The van der Waals surface area contributed by atoms with Crippen LogP contribution in [0.25, 0.3) is 0 Å². The second-order valence-corrected chi connectivity index (χ2v) is 5.84. The van der Waals surface area contributed by atoms with Crippen LogP contribution in [0.4, 0.5) is 0 Å². The van der Waals surface area contributed by atoms with Crippen molar-refractivity contribution in [3.8, 4) is 5.75 Å². The number of Topliss-reactive ketones (excluding diaryl/α,β-unsaturated/α-hetero) is 1.